The molecule has 2 unspecified atom stereocenters. The zero-order valence-corrected chi connectivity index (χ0v) is 10.6. The topological polar surface area (TPSA) is 66.0 Å². The summed E-state index contributed by atoms with van der Waals surface area (Å²) in [6, 6.07) is 0.339. The fourth-order valence-electron chi connectivity index (χ4n) is 1.68. The summed E-state index contributed by atoms with van der Waals surface area (Å²) in [5.41, 5.74) is 7.58. The van der Waals surface area contributed by atoms with Crippen LogP contribution in [0, 0.1) is 0 Å². The summed E-state index contributed by atoms with van der Waals surface area (Å²) >= 11 is 0. The van der Waals surface area contributed by atoms with E-state index in [4.69, 9.17) is 10.5 Å². The third kappa shape index (κ3) is 2.59. The molecule has 0 amide bonds. The number of hydrogen-bond acceptors (Lipinski definition) is 4. The van der Waals surface area contributed by atoms with Gasteiger partial charge in [0.2, 0.25) is 0 Å². The van der Waals surface area contributed by atoms with E-state index in [1.54, 1.807) is 7.11 Å². The Morgan fingerprint density at radius 2 is 2.12 bits per heavy atom. The Balaban J connectivity index is 3.08. The van der Waals surface area contributed by atoms with E-state index >= 15 is 0 Å². The molecule has 0 aliphatic heterocycles. The Hall–Kier alpha value is -0.940. The van der Waals surface area contributed by atoms with Crippen molar-refractivity contribution in [2.45, 2.75) is 45.8 Å². The summed E-state index contributed by atoms with van der Waals surface area (Å²) in [7, 11) is 1.70. The Morgan fingerprint density at radius 1 is 1.44 bits per heavy atom. The molecule has 0 aliphatic rings. The number of nitrogens with two attached hydrogens (primary N) is 1. The second-order valence-corrected chi connectivity index (χ2v) is 4.04. The molecule has 2 atom stereocenters. The van der Waals surface area contributed by atoms with Gasteiger partial charge in [0.1, 0.15) is 0 Å². The lowest BCUT2D eigenvalue weighted by molar-refractivity contribution is 0.109. The first-order chi connectivity index (χ1) is 7.65. The molecule has 0 aliphatic carbocycles. The van der Waals surface area contributed by atoms with Crippen LogP contribution in [0.5, 0.6) is 0 Å². The van der Waals surface area contributed by atoms with Crippen LogP contribution in [0.4, 0.5) is 0 Å². The van der Waals surface area contributed by atoms with E-state index in [1.807, 2.05) is 11.6 Å². The Labute approximate surface area is 97.0 Å². The highest BCUT2D eigenvalue weighted by atomic mass is 16.5. The molecule has 1 heterocycles. The van der Waals surface area contributed by atoms with E-state index in [1.165, 1.54) is 0 Å². The number of methoxy groups -OCH3 is 1. The van der Waals surface area contributed by atoms with Crippen molar-refractivity contribution in [3.8, 4) is 0 Å². The normalized spacial score (nSPS) is 15.1. The van der Waals surface area contributed by atoms with Crippen molar-refractivity contribution in [2.75, 3.05) is 13.7 Å². The van der Waals surface area contributed by atoms with Crippen LogP contribution in [0.1, 0.15) is 50.7 Å². The minimum absolute atomic E-state index is 0.00514. The number of ether oxygens (including phenoxy) is 1. The van der Waals surface area contributed by atoms with E-state index in [2.05, 4.69) is 24.2 Å². The number of rotatable bonds is 6. The minimum Gasteiger partial charge on any atom is -0.375 e. The van der Waals surface area contributed by atoms with E-state index < -0.39 is 0 Å². The molecule has 0 bridgehead atoms. The lowest BCUT2D eigenvalue weighted by Crippen LogP contribution is -2.15. The maximum Gasteiger partial charge on any atom is 0.0979 e. The molecular weight excluding hydrogens is 204 g/mol. The summed E-state index contributed by atoms with van der Waals surface area (Å²) in [6.07, 6.45) is 1.78. The maximum atomic E-state index is 5.57. The monoisotopic (exact) mass is 226 g/mol. The van der Waals surface area contributed by atoms with E-state index in [0.717, 1.165) is 24.2 Å². The zero-order valence-electron chi connectivity index (χ0n) is 10.6. The van der Waals surface area contributed by atoms with Gasteiger partial charge in [0, 0.05) is 13.5 Å². The molecule has 0 aromatic carbocycles. The average Bonchev–Trinajstić information content (AvgIpc) is 2.71. The van der Waals surface area contributed by atoms with Crippen molar-refractivity contribution < 1.29 is 4.74 Å². The Bertz CT molecular complexity index is 324. The van der Waals surface area contributed by atoms with Crippen molar-refractivity contribution in [1.29, 1.82) is 0 Å². The first kappa shape index (κ1) is 13.1. The molecule has 16 heavy (non-hydrogen) atoms. The number of aromatic nitrogens is 3. The fraction of sp³-hybridized carbons (Fsp3) is 0.818. The van der Waals surface area contributed by atoms with Crippen LogP contribution in [0.15, 0.2) is 0 Å². The summed E-state index contributed by atoms with van der Waals surface area (Å²) in [6.45, 7) is 6.86. The van der Waals surface area contributed by atoms with Crippen LogP contribution in [0.2, 0.25) is 0 Å². The molecular formula is C11H22N4O. The van der Waals surface area contributed by atoms with Crippen molar-refractivity contribution in [3.63, 3.8) is 0 Å². The van der Waals surface area contributed by atoms with Crippen LogP contribution in [-0.4, -0.2) is 28.6 Å². The van der Waals surface area contributed by atoms with Gasteiger partial charge in [-0.1, -0.05) is 12.1 Å². The highest BCUT2D eigenvalue weighted by Crippen LogP contribution is 2.23. The van der Waals surface area contributed by atoms with E-state index in [-0.39, 0.29) is 6.10 Å². The lowest BCUT2D eigenvalue weighted by Gasteiger charge is -2.17. The molecule has 0 fully saturated rings. The molecule has 92 valence electrons. The van der Waals surface area contributed by atoms with E-state index in [9.17, 15) is 0 Å². The lowest BCUT2D eigenvalue weighted by atomic mass is 10.1. The first-order valence-corrected chi connectivity index (χ1v) is 5.82. The Morgan fingerprint density at radius 3 is 2.62 bits per heavy atom. The van der Waals surface area contributed by atoms with Crippen molar-refractivity contribution in [2.24, 2.45) is 5.73 Å². The van der Waals surface area contributed by atoms with Gasteiger partial charge in [0.25, 0.3) is 0 Å². The largest absolute Gasteiger partial charge is 0.375 e. The summed E-state index contributed by atoms with van der Waals surface area (Å²) in [5.74, 6) is 0. The molecule has 2 N–H and O–H groups in total. The predicted octanol–water partition coefficient (Wildman–Crippen LogP) is 1.46. The second-order valence-electron chi connectivity index (χ2n) is 4.04. The molecule has 0 saturated carbocycles. The number of hydrogen-bond donors (Lipinski definition) is 1. The Kier molecular flexibility index (Phi) is 4.89. The maximum absolute atomic E-state index is 5.57. The van der Waals surface area contributed by atoms with Gasteiger partial charge in [-0.15, -0.1) is 5.10 Å². The summed E-state index contributed by atoms with van der Waals surface area (Å²) < 4.78 is 7.33. The molecule has 5 heteroatoms. The molecule has 1 aromatic heterocycles. The highest BCUT2D eigenvalue weighted by molar-refractivity contribution is 5.14. The quantitative estimate of drug-likeness (QED) is 0.797. The second kappa shape index (κ2) is 5.96. The molecule has 0 saturated heterocycles. The standard InChI is InChI=1S/C11H22N4O/c1-5-8(2)15-11(9(3)16-4)10(6-7-12)13-14-15/h8-9H,5-7,12H2,1-4H3. The zero-order chi connectivity index (χ0) is 12.1. The third-order valence-corrected chi connectivity index (χ3v) is 2.93. The molecule has 5 nitrogen and oxygen atoms in total. The van der Waals surface area contributed by atoms with Crippen LogP contribution in [-0.2, 0) is 11.2 Å². The van der Waals surface area contributed by atoms with E-state index in [0.29, 0.717) is 12.6 Å². The van der Waals surface area contributed by atoms with Crippen LogP contribution < -0.4 is 5.73 Å². The van der Waals surface area contributed by atoms with Crippen LogP contribution >= 0.6 is 0 Å². The van der Waals surface area contributed by atoms with Gasteiger partial charge >= 0.3 is 0 Å². The SMILES string of the molecule is CCC(C)n1nnc(CCN)c1C(C)OC. The van der Waals surface area contributed by atoms with Gasteiger partial charge in [0.15, 0.2) is 0 Å². The summed E-state index contributed by atoms with van der Waals surface area (Å²) in [4.78, 5) is 0. The van der Waals surface area contributed by atoms with Gasteiger partial charge < -0.3 is 10.5 Å². The van der Waals surface area contributed by atoms with Crippen LogP contribution in [0.25, 0.3) is 0 Å². The predicted molar refractivity (Wildman–Crippen MR) is 63.2 cm³/mol. The van der Waals surface area contributed by atoms with Crippen molar-refractivity contribution in [1.82, 2.24) is 15.0 Å². The van der Waals surface area contributed by atoms with Gasteiger partial charge in [0.05, 0.1) is 23.5 Å². The van der Waals surface area contributed by atoms with Crippen LogP contribution in [0.3, 0.4) is 0 Å². The molecule has 0 spiro atoms. The van der Waals surface area contributed by atoms with Gasteiger partial charge in [-0.3, -0.25) is 0 Å². The smallest absolute Gasteiger partial charge is 0.0979 e. The van der Waals surface area contributed by atoms with Gasteiger partial charge in [-0.25, -0.2) is 4.68 Å². The van der Waals surface area contributed by atoms with Gasteiger partial charge in [-0.2, -0.15) is 0 Å². The van der Waals surface area contributed by atoms with Crippen molar-refractivity contribution in [3.05, 3.63) is 11.4 Å². The molecule has 1 aromatic rings. The summed E-state index contributed by atoms with van der Waals surface area (Å²) in [5, 5.41) is 8.40. The molecule has 0 radical (unpaired) electrons. The minimum atomic E-state index is 0.00514. The number of nitrogens with zero attached hydrogens (tertiary/aromatic N) is 3. The molecule has 1 rings (SSSR count). The van der Waals surface area contributed by atoms with Gasteiger partial charge in [-0.05, 0) is 26.8 Å². The third-order valence-electron chi connectivity index (χ3n) is 2.93. The highest BCUT2D eigenvalue weighted by Gasteiger charge is 2.20. The first-order valence-electron chi connectivity index (χ1n) is 5.82. The fourth-order valence-corrected chi connectivity index (χ4v) is 1.68. The van der Waals surface area contributed by atoms with Crippen molar-refractivity contribution >= 4 is 0 Å². The average molecular weight is 226 g/mol.